The minimum atomic E-state index is 0.0654. The van der Waals surface area contributed by atoms with Gasteiger partial charge in [0.1, 0.15) is 0 Å². The van der Waals surface area contributed by atoms with Gasteiger partial charge in [0, 0.05) is 18.2 Å². The van der Waals surface area contributed by atoms with Crippen molar-refractivity contribution in [2.45, 2.75) is 18.9 Å². The summed E-state index contributed by atoms with van der Waals surface area (Å²) < 4.78 is 0. The Kier molecular flexibility index (Phi) is 3.72. The minimum Gasteiger partial charge on any atom is -0.348 e. The molecule has 3 aliphatic heterocycles. The van der Waals surface area contributed by atoms with Gasteiger partial charge in [-0.05, 0) is 71.9 Å². The summed E-state index contributed by atoms with van der Waals surface area (Å²) in [4.78, 5) is 14.9. The zero-order valence-corrected chi connectivity index (χ0v) is 13.3. The van der Waals surface area contributed by atoms with E-state index in [1.807, 2.05) is 24.3 Å². The molecule has 3 nitrogen and oxygen atoms in total. The Balaban J connectivity index is 1.44. The maximum Gasteiger partial charge on any atom is 0.251 e. The molecule has 3 aliphatic rings. The SMILES string of the molecule is O=C(N[C@H]1CN2CCC1CC2)c1ccc(-c2ccsc2)cc1. The van der Waals surface area contributed by atoms with Crippen molar-refractivity contribution in [2.75, 3.05) is 19.6 Å². The van der Waals surface area contributed by atoms with Crippen LogP contribution in [-0.4, -0.2) is 36.5 Å². The monoisotopic (exact) mass is 312 g/mol. The molecule has 1 atom stereocenters. The first kappa shape index (κ1) is 14.0. The fourth-order valence-electron chi connectivity index (χ4n) is 3.62. The Hall–Kier alpha value is -1.65. The number of nitrogens with one attached hydrogen (secondary N) is 1. The predicted octanol–water partition coefficient (Wildman–Crippen LogP) is 3.24. The van der Waals surface area contributed by atoms with Crippen LogP contribution in [-0.2, 0) is 0 Å². The predicted molar refractivity (Wildman–Crippen MR) is 90.2 cm³/mol. The van der Waals surface area contributed by atoms with E-state index in [9.17, 15) is 4.79 Å². The van der Waals surface area contributed by atoms with E-state index < -0.39 is 0 Å². The number of amides is 1. The van der Waals surface area contributed by atoms with Crippen molar-refractivity contribution in [1.82, 2.24) is 10.2 Å². The number of benzene rings is 1. The van der Waals surface area contributed by atoms with E-state index in [4.69, 9.17) is 0 Å². The Morgan fingerprint density at radius 1 is 1.09 bits per heavy atom. The number of nitrogens with zero attached hydrogens (tertiary/aromatic N) is 1. The van der Waals surface area contributed by atoms with E-state index in [-0.39, 0.29) is 5.91 Å². The molecule has 0 radical (unpaired) electrons. The van der Waals surface area contributed by atoms with Crippen LogP contribution in [0.25, 0.3) is 11.1 Å². The second kappa shape index (κ2) is 5.86. The van der Waals surface area contributed by atoms with Gasteiger partial charge in [-0.15, -0.1) is 0 Å². The van der Waals surface area contributed by atoms with Gasteiger partial charge in [0.15, 0.2) is 0 Å². The standard InChI is InChI=1S/C18H20N2OS/c21-18(19-17-11-20-8-5-14(17)6-9-20)15-3-1-13(2-4-15)16-7-10-22-12-16/h1-4,7,10,12,14,17H,5-6,8-9,11H2,(H,19,21)/t17-/m0/s1. The summed E-state index contributed by atoms with van der Waals surface area (Å²) in [5.74, 6) is 0.731. The highest BCUT2D eigenvalue weighted by Crippen LogP contribution is 2.28. The molecule has 1 amide bonds. The van der Waals surface area contributed by atoms with E-state index in [0.29, 0.717) is 12.0 Å². The lowest BCUT2D eigenvalue weighted by Gasteiger charge is -2.44. The van der Waals surface area contributed by atoms with Gasteiger partial charge in [-0.2, -0.15) is 11.3 Å². The van der Waals surface area contributed by atoms with Crippen LogP contribution in [0.2, 0.25) is 0 Å². The van der Waals surface area contributed by atoms with Crippen LogP contribution < -0.4 is 5.32 Å². The molecule has 3 saturated heterocycles. The van der Waals surface area contributed by atoms with Gasteiger partial charge in [-0.1, -0.05) is 12.1 Å². The molecule has 2 bridgehead atoms. The largest absolute Gasteiger partial charge is 0.348 e. The smallest absolute Gasteiger partial charge is 0.251 e. The molecule has 1 aromatic heterocycles. The van der Waals surface area contributed by atoms with E-state index in [2.05, 4.69) is 27.0 Å². The molecule has 5 rings (SSSR count). The highest BCUT2D eigenvalue weighted by Gasteiger charge is 2.34. The van der Waals surface area contributed by atoms with Crippen molar-refractivity contribution in [3.8, 4) is 11.1 Å². The van der Waals surface area contributed by atoms with Gasteiger partial charge in [0.2, 0.25) is 0 Å². The molecule has 1 N–H and O–H groups in total. The maximum absolute atomic E-state index is 12.5. The lowest BCUT2D eigenvalue weighted by molar-refractivity contribution is 0.0620. The molecular weight excluding hydrogens is 292 g/mol. The number of hydrogen-bond donors (Lipinski definition) is 1. The van der Waals surface area contributed by atoms with Gasteiger partial charge in [0.05, 0.1) is 0 Å². The van der Waals surface area contributed by atoms with Gasteiger partial charge in [-0.25, -0.2) is 0 Å². The van der Waals surface area contributed by atoms with E-state index in [1.54, 1.807) is 11.3 Å². The second-order valence-electron chi connectivity index (χ2n) is 6.31. The van der Waals surface area contributed by atoms with Crippen molar-refractivity contribution in [2.24, 2.45) is 5.92 Å². The molecule has 0 aliphatic carbocycles. The minimum absolute atomic E-state index is 0.0654. The third-order valence-electron chi connectivity index (χ3n) is 4.97. The van der Waals surface area contributed by atoms with Crippen molar-refractivity contribution >= 4 is 17.2 Å². The lowest BCUT2D eigenvalue weighted by Crippen LogP contribution is -2.57. The number of carbonyl (C=O) groups excluding carboxylic acids is 1. The van der Waals surface area contributed by atoms with Crippen molar-refractivity contribution < 1.29 is 4.79 Å². The van der Waals surface area contributed by atoms with Gasteiger partial charge in [0.25, 0.3) is 5.91 Å². The zero-order chi connectivity index (χ0) is 14.9. The molecule has 0 saturated carbocycles. The maximum atomic E-state index is 12.5. The van der Waals surface area contributed by atoms with Gasteiger partial charge in [-0.3, -0.25) is 4.79 Å². The summed E-state index contributed by atoms with van der Waals surface area (Å²) in [5.41, 5.74) is 3.14. The third kappa shape index (κ3) is 2.69. The fraction of sp³-hybridized carbons (Fsp3) is 0.389. The molecule has 22 heavy (non-hydrogen) atoms. The zero-order valence-electron chi connectivity index (χ0n) is 12.5. The van der Waals surface area contributed by atoms with Crippen LogP contribution in [0, 0.1) is 5.92 Å². The third-order valence-corrected chi connectivity index (χ3v) is 5.66. The van der Waals surface area contributed by atoms with E-state index in [1.165, 1.54) is 37.1 Å². The molecule has 3 fully saturated rings. The van der Waals surface area contributed by atoms with Gasteiger partial charge < -0.3 is 10.2 Å². The summed E-state index contributed by atoms with van der Waals surface area (Å²) in [6.07, 6.45) is 2.45. The van der Waals surface area contributed by atoms with Crippen molar-refractivity contribution in [3.63, 3.8) is 0 Å². The van der Waals surface area contributed by atoms with Crippen LogP contribution in [0.5, 0.6) is 0 Å². The molecule has 4 heteroatoms. The molecule has 114 valence electrons. The summed E-state index contributed by atoms with van der Waals surface area (Å²) >= 11 is 1.69. The Bertz CT molecular complexity index is 642. The molecule has 4 heterocycles. The molecule has 0 unspecified atom stereocenters. The Labute approximate surface area is 135 Å². The fourth-order valence-corrected chi connectivity index (χ4v) is 4.29. The lowest BCUT2D eigenvalue weighted by atomic mass is 9.84. The van der Waals surface area contributed by atoms with Crippen LogP contribution in [0.1, 0.15) is 23.2 Å². The summed E-state index contributed by atoms with van der Waals surface area (Å²) in [5, 5.41) is 7.44. The second-order valence-corrected chi connectivity index (χ2v) is 7.09. The normalized spacial score (nSPS) is 26.8. The van der Waals surface area contributed by atoms with E-state index in [0.717, 1.165) is 12.1 Å². The Morgan fingerprint density at radius 2 is 1.86 bits per heavy atom. The van der Waals surface area contributed by atoms with Gasteiger partial charge >= 0.3 is 0 Å². The quantitative estimate of drug-likeness (QED) is 0.943. The van der Waals surface area contributed by atoms with Crippen LogP contribution in [0.4, 0.5) is 0 Å². The first-order chi connectivity index (χ1) is 10.8. The van der Waals surface area contributed by atoms with Crippen molar-refractivity contribution in [1.29, 1.82) is 0 Å². The number of rotatable bonds is 3. The summed E-state index contributed by atoms with van der Waals surface area (Å²) in [6, 6.07) is 10.4. The molecule has 1 aromatic carbocycles. The average Bonchev–Trinajstić information content (AvgIpc) is 3.10. The number of hydrogen-bond acceptors (Lipinski definition) is 3. The first-order valence-corrected chi connectivity index (χ1v) is 8.90. The van der Waals surface area contributed by atoms with Crippen LogP contribution in [0.15, 0.2) is 41.1 Å². The van der Waals surface area contributed by atoms with Crippen LogP contribution >= 0.6 is 11.3 Å². The summed E-state index contributed by atoms with van der Waals surface area (Å²) in [6.45, 7) is 3.42. The number of carbonyl (C=O) groups is 1. The first-order valence-electron chi connectivity index (χ1n) is 7.95. The highest BCUT2D eigenvalue weighted by atomic mass is 32.1. The number of fused-ring (bicyclic) bond motifs is 3. The molecule has 0 spiro atoms. The highest BCUT2D eigenvalue weighted by molar-refractivity contribution is 7.08. The van der Waals surface area contributed by atoms with E-state index >= 15 is 0 Å². The average molecular weight is 312 g/mol. The number of piperidine rings is 3. The van der Waals surface area contributed by atoms with Crippen LogP contribution in [0.3, 0.4) is 0 Å². The topological polar surface area (TPSA) is 32.3 Å². The summed E-state index contributed by atoms with van der Waals surface area (Å²) in [7, 11) is 0. The number of thiophene rings is 1. The molecular formula is C18H20N2OS. The Morgan fingerprint density at radius 3 is 2.45 bits per heavy atom. The molecule has 2 aromatic rings. The van der Waals surface area contributed by atoms with Crippen molar-refractivity contribution in [3.05, 3.63) is 46.7 Å².